The minimum Gasteiger partial charge on any atom is -0.370 e. The summed E-state index contributed by atoms with van der Waals surface area (Å²) in [7, 11) is 0. The first-order chi connectivity index (χ1) is 12.0. The Morgan fingerprint density at radius 2 is 1.56 bits per heavy atom. The van der Waals surface area contributed by atoms with E-state index in [4.69, 9.17) is 4.74 Å². The second kappa shape index (κ2) is 7.74. The summed E-state index contributed by atoms with van der Waals surface area (Å²) in [6.45, 7) is 11.5. The summed E-state index contributed by atoms with van der Waals surface area (Å²) in [6, 6.07) is 17.9. The zero-order chi connectivity index (χ0) is 18.0. The van der Waals surface area contributed by atoms with Gasteiger partial charge in [0, 0.05) is 0 Å². The summed E-state index contributed by atoms with van der Waals surface area (Å²) in [4.78, 5) is 0. The molecule has 0 amide bonds. The fourth-order valence-electron chi connectivity index (χ4n) is 4.20. The van der Waals surface area contributed by atoms with Crippen molar-refractivity contribution < 1.29 is 4.74 Å². The molecule has 25 heavy (non-hydrogen) atoms. The van der Waals surface area contributed by atoms with E-state index >= 15 is 0 Å². The van der Waals surface area contributed by atoms with Crippen molar-refractivity contribution in [1.29, 1.82) is 0 Å². The third-order valence-corrected chi connectivity index (χ3v) is 6.25. The Kier molecular flexibility index (Phi) is 5.64. The van der Waals surface area contributed by atoms with Crippen LogP contribution in [0.15, 0.2) is 48.5 Å². The first-order valence-electron chi connectivity index (χ1n) is 9.79. The number of benzene rings is 2. The number of hydrogen-bond donors (Lipinski definition) is 0. The molecule has 0 unspecified atom stereocenters. The van der Waals surface area contributed by atoms with Gasteiger partial charge in [0.05, 0.1) is 12.2 Å². The summed E-state index contributed by atoms with van der Waals surface area (Å²) in [5.74, 6) is 1.86. The van der Waals surface area contributed by atoms with Gasteiger partial charge in [-0.3, -0.25) is 0 Å². The van der Waals surface area contributed by atoms with Gasteiger partial charge >= 0.3 is 0 Å². The normalized spacial score (nSPS) is 29.6. The number of rotatable bonds is 4. The summed E-state index contributed by atoms with van der Waals surface area (Å²) in [6.07, 6.45) is 2.67. The Balaban J connectivity index is 1.81. The first-order valence-corrected chi connectivity index (χ1v) is 9.79. The molecule has 0 bridgehead atoms. The van der Waals surface area contributed by atoms with Crippen LogP contribution in [-0.2, 0) is 11.2 Å². The highest BCUT2D eigenvalue weighted by Gasteiger charge is 2.38. The monoisotopic (exact) mass is 336 g/mol. The van der Waals surface area contributed by atoms with Gasteiger partial charge in [-0.2, -0.15) is 0 Å². The smallest absolute Gasteiger partial charge is 0.0857 e. The summed E-state index contributed by atoms with van der Waals surface area (Å²) < 4.78 is 6.54. The minimum absolute atomic E-state index is 0.217. The molecule has 1 aliphatic heterocycles. The van der Waals surface area contributed by atoms with Crippen LogP contribution in [0.1, 0.15) is 62.5 Å². The molecule has 134 valence electrons. The van der Waals surface area contributed by atoms with E-state index in [9.17, 15) is 0 Å². The van der Waals surface area contributed by atoms with Gasteiger partial charge in [-0.1, -0.05) is 81.8 Å². The lowest BCUT2D eigenvalue weighted by molar-refractivity contribution is -0.136. The van der Waals surface area contributed by atoms with Gasteiger partial charge in [0.2, 0.25) is 0 Å². The van der Waals surface area contributed by atoms with Crippen LogP contribution in [0.2, 0.25) is 0 Å². The molecule has 1 saturated heterocycles. The zero-order valence-corrected chi connectivity index (χ0v) is 16.3. The highest BCUT2D eigenvalue weighted by molar-refractivity contribution is 5.32. The van der Waals surface area contributed by atoms with E-state index in [-0.39, 0.29) is 6.10 Å². The summed E-state index contributed by atoms with van der Waals surface area (Å²) >= 11 is 0. The van der Waals surface area contributed by atoms with Crippen molar-refractivity contribution in [3.8, 4) is 0 Å². The maximum absolute atomic E-state index is 6.54. The van der Waals surface area contributed by atoms with Crippen LogP contribution in [0.3, 0.4) is 0 Å². The number of aryl methyl sites for hydroxylation is 1. The van der Waals surface area contributed by atoms with Crippen LogP contribution >= 0.6 is 0 Å². The van der Waals surface area contributed by atoms with Crippen LogP contribution in [0.5, 0.6) is 0 Å². The topological polar surface area (TPSA) is 9.23 Å². The average Bonchev–Trinajstić information content (AvgIpc) is 2.62. The molecule has 0 radical (unpaired) electrons. The number of hydrogen-bond acceptors (Lipinski definition) is 1. The molecular formula is C24H32O. The van der Waals surface area contributed by atoms with Gasteiger partial charge in [0.25, 0.3) is 0 Å². The molecule has 0 spiro atoms. The van der Waals surface area contributed by atoms with Crippen LogP contribution < -0.4 is 0 Å². The summed E-state index contributed by atoms with van der Waals surface area (Å²) in [5, 5.41) is 0. The predicted molar refractivity (Wildman–Crippen MR) is 106 cm³/mol. The van der Waals surface area contributed by atoms with E-state index in [0.29, 0.717) is 23.9 Å². The van der Waals surface area contributed by atoms with Crippen LogP contribution in [-0.4, -0.2) is 6.10 Å². The molecule has 0 aromatic heterocycles. The van der Waals surface area contributed by atoms with E-state index < -0.39 is 0 Å². The quantitative estimate of drug-likeness (QED) is 0.632. The SMILES string of the molecule is CC[C@H]1O[C@@H](c2cccc(Cc3ccc(C)cc3)c2)[C@H](C)[C@@H](C)[C@@H]1C. The van der Waals surface area contributed by atoms with E-state index in [1.165, 1.54) is 22.3 Å². The van der Waals surface area contributed by atoms with Crippen molar-refractivity contribution in [3.05, 3.63) is 70.8 Å². The van der Waals surface area contributed by atoms with E-state index in [0.717, 1.165) is 12.8 Å². The molecule has 2 aromatic rings. The fraction of sp³-hybridized carbons (Fsp3) is 0.500. The Bertz CT molecular complexity index is 685. The van der Waals surface area contributed by atoms with Gasteiger partial charge in [-0.05, 0) is 54.2 Å². The molecule has 1 fully saturated rings. The van der Waals surface area contributed by atoms with E-state index in [1.807, 2.05) is 0 Å². The van der Waals surface area contributed by atoms with Gasteiger partial charge in [-0.15, -0.1) is 0 Å². The Labute approximate surface area is 153 Å². The molecule has 1 nitrogen and oxygen atoms in total. The molecule has 0 aliphatic carbocycles. The third-order valence-electron chi connectivity index (χ3n) is 6.25. The predicted octanol–water partition coefficient (Wildman–Crippen LogP) is 6.34. The molecule has 0 saturated carbocycles. The fourth-order valence-corrected chi connectivity index (χ4v) is 4.20. The Hall–Kier alpha value is -1.60. The van der Waals surface area contributed by atoms with E-state index in [2.05, 4.69) is 83.1 Å². The van der Waals surface area contributed by atoms with Crippen LogP contribution in [0.4, 0.5) is 0 Å². The largest absolute Gasteiger partial charge is 0.370 e. The standard InChI is InChI=1S/C24H32O/c1-6-23-18(4)17(3)19(5)24(25-23)22-9-7-8-21(15-22)14-20-12-10-16(2)11-13-20/h7-13,15,17-19,23-24H,6,14H2,1-5H3/t17-,18-,19+,23+,24+/m0/s1. The van der Waals surface area contributed by atoms with Crippen molar-refractivity contribution in [2.24, 2.45) is 17.8 Å². The van der Waals surface area contributed by atoms with Gasteiger partial charge in [0.1, 0.15) is 0 Å². The maximum atomic E-state index is 6.54. The molecule has 5 atom stereocenters. The Morgan fingerprint density at radius 1 is 0.840 bits per heavy atom. The first kappa shape index (κ1) is 18.2. The Morgan fingerprint density at radius 3 is 2.24 bits per heavy atom. The molecule has 2 aromatic carbocycles. The molecule has 1 heterocycles. The highest BCUT2D eigenvalue weighted by Crippen LogP contribution is 2.43. The number of ether oxygens (including phenoxy) is 1. The lowest BCUT2D eigenvalue weighted by Gasteiger charge is -2.44. The second-order valence-corrected chi connectivity index (χ2v) is 7.99. The molecule has 0 N–H and O–H groups in total. The van der Waals surface area contributed by atoms with Crippen molar-refractivity contribution in [3.63, 3.8) is 0 Å². The lowest BCUT2D eigenvalue weighted by atomic mass is 9.74. The lowest BCUT2D eigenvalue weighted by Crippen LogP contribution is -2.40. The molecule has 1 heteroatoms. The minimum atomic E-state index is 0.217. The van der Waals surface area contributed by atoms with Crippen molar-refractivity contribution in [2.75, 3.05) is 0 Å². The molecule has 1 aliphatic rings. The molecule has 3 rings (SSSR count). The van der Waals surface area contributed by atoms with Crippen molar-refractivity contribution in [2.45, 2.75) is 59.7 Å². The van der Waals surface area contributed by atoms with Crippen molar-refractivity contribution in [1.82, 2.24) is 0 Å². The van der Waals surface area contributed by atoms with E-state index in [1.54, 1.807) is 0 Å². The van der Waals surface area contributed by atoms with Crippen molar-refractivity contribution >= 4 is 0 Å². The second-order valence-electron chi connectivity index (χ2n) is 7.99. The summed E-state index contributed by atoms with van der Waals surface area (Å²) in [5.41, 5.74) is 5.40. The van der Waals surface area contributed by atoms with Gasteiger partial charge in [0.15, 0.2) is 0 Å². The zero-order valence-electron chi connectivity index (χ0n) is 16.3. The van der Waals surface area contributed by atoms with Crippen LogP contribution in [0, 0.1) is 24.7 Å². The highest BCUT2D eigenvalue weighted by atomic mass is 16.5. The van der Waals surface area contributed by atoms with Crippen LogP contribution in [0.25, 0.3) is 0 Å². The van der Waals surface area contributed by atoms with Gasteiger partial charge in [-0.25, -0.2) is 0 Å². The molecular weight excluding hydrogens is 304 g/mol. The maximum Gasteiger partial charge on any atom is 0.0857 e. The third kappa shape index (κ3) is 3.98. The average molecular weight is 337 g/mol. The van der Waals surface area contributed by atoms with Gasteiger partial charge < -0.3 is 4.74 Å².